The molecule has 3 N–H and O–H groups in total. The van der Waals surface area contributed by atoms with Crippen molar-refractivity contribution in [1.29, 1.82) is 0 Å². The summed E-state index contributed by atoms with van der Waals surface area (Å²) in [6, 6.07) is 4.34. The van der Waals surface area contributed by atoms with Crippen LogP contribution in [0.3, 0.4) is 0 Å². The SMILES string of the molecule is Nc1cc(S(=O)(=O)N2CCN(CCO)CC2)ccc1Cl. The van der Waals surface area contributed by atoms with E-state index in [1.807, 2.05) is 4.90 Å². The van der Waals surface area contributed by atoms with Crippen LogP contribution in [0.25, 0.3) is 0 Å². The van der Waals surface area contributed by atoms with Crippen LogP contribution in [0.1, 0.15) is 0 Å². The fraction of sp³-hybridized carbons (Fsp3) is 0.500. The number of aliphatic hydroxyl groups excluding tert-OH is 1. The van der Waals surface area contributed by atoms with Crippen LogP contribution in [0.15, 0.2) is 23.1 Å². The number of aliphatic hydroxyl groups is 1. The predicted octanol–water partition coefficient (Wildman–Crippen LogP) is 0.221. The van der Waals surface area contributed by atoms with Crippen LogP contribution >= 0.6 is 11.6 Å². The number of nitrogens with two attached hydrogens (primary N) is 1. The molecule has 0 aliphatic carbocycles. The van der Waals surface area contributed by atoms with Crippen LogP contribution in [-0.4, -0.2) is 62.1 Å². The van der Waals surface area contributed by atoms with Gasteiger partial charge in [0.1, 0.15) is 0 Å². The molecule has 2 rings (SSSR count). The Morgan fingerprint density at radius 3 is 2.45 bits per heavy atom. The number of halogens is 1. The van der Waals surface area contributed by atoms with E-state index in [4.69, 9.17) is 22.4 Å². The molecule has 0 unspecified atom stereocenters. The van der Waals surface area contributed by atoms with Crippen molar-refractivity contribution in [3.8, 4) is 0 Å². The van der Waals surface area contributed by atoms with Gasteiger partial charge in [-0.15, -0.1) is 0 Å². The number of piperazine rings is 1. The van der Waals surface area contributed by atoms with Crippen molar-refractivity contribution >= 4 is 27.3 Å². The highest BCUT2D eigenvalue weighted by Crippen LogP contribution is 2.25. The van der Waals surface area contributed by atoms with E-state index in [0.29, 0.717) is 37.7 Å². The standard InChI is InChI=1S/C12H18ClN3O3S/c13-11-2-1-10(9-12(11)14)20(18,19)16-5-3-15(4-6-16)7-8-17/h1-2,9,17H,3-8,14H2. The molecule has 8 heteroatoms. The maximum Gasteiger partial charge on any atom is 0.243 e. The molecule has 0 saturated carbocycles. The summed E-state index contributed by atoms with van der Waals surface area (Å²) in [5.41, 5.74) is 5.91. The molecule has 0 atom stereocenters. The van der Waals surface area contributed by atoms with Crippen molar-refractivity contribution in [2.24, 2.45) is 0 Å². The van der Waals surface area contributed by atoms with Crippen LogP contribution in [0.4, 0.5) is 5.69 Å². The Balaban J connectivity index is 2.13. The quantitative estimate of drug-likeness (QED) is 0.775. The number of rotatable bonds is 4. The fourth-order valence-corrected chi connectivity index (χ4v) is 3.74. The van der Waals surface area contributed by atoms with Gasteiger partial charge in [-0.05, 0) is 18.2 Å². The van der Waals surface area contributed by atoms with E-state index in [1.54, 1.807) is 0 Å². The Kier molecular flexibility index (Phi) is 4.87. The second-order valence-corrected chi connectivity index (χ2v) is 7.00. The summed E-state index contributed by atoms with van der Waals surface area (Å²) >= 11 is 5.81. The third kappa shape index (κ3) is 3.24. The van der Waals surface area contributed by atoms with Crippen molar-refractivity contribution in [3.63, 3.8) is 0 Å². The van der Waals surface area contributed by atoms with E-state index in [-0.39, 0.29) is 17.2 Å². The zero-order valence-electron chi connectivity index (χ0n) is 11.0. The van der Waals surface area contributed by atoms with Gasteiger partial charge in [0.15, 0.2) is 0 Å². The molecule has 1 aliphatic rings. The maximum absolute atomic E-state index is 12.5. The lowest BCUT2D eigenvalue weighted by Gasteiger charge is -2.33. The van der Waals surface area contributed by atoms with Crippen molar-refractivity contribution in [2.75, 3.05) is 45.1 Å². The molecule has 112 valence electrons. The van der Waals surface area contributed by atoms with Crippen LogP contribution in [-0.2, 0) is 10.0 Å². The first kappa shape index (κ1) is 15.5. The zero-order valence-corrected chi connectivity index (χ0v) is 12.6. The first-order valence-corrected chi connectivity index (χ1v) is 8.15. The highest BCUT2D eigenvalue weighted by Gasteiger charge is 2.28. The van der Waals surface area contributed by atoms with Crippen molar-refractivity contribution in [3.05, 3.63) is 23.2 Å². The average molecular weight is 320 g/mol. The van der Waals surface area contributed by atoms with Gasteiger partial charge < -0.3 is 10.8 Å². The number of benzene rings is 1. The molecule has 0 amide bonds. The Morgan fingerprint density at radius 2 is 1.90 bits per heavy atom. The van der Waals surface area contributed by atoms with Gasteiger partial charge >= 0.3 is 0 Å². The summed E-state index contributed by atoms with van der Waals surface area (Å²) in [5.74, 6) is 0. The molecule has 6 nitrogen and oxygen atoms in total. The minimum Gasteiger partial charge on any atom is -0.397 e. The van der Waals surface area contributed by atoms with Crippen LogP contribution in [0.5, 0.6) is 0 Å². The van der Waals surface area contributed by atoms with Crippen molar-refractivity contribution < 1.29 is 13.5 Å². The number of hydrogen-bond donors (Lipinski definition) is 2. The smallest absolute Gasteiger partial charge is 0.243 e. The van der Waals surface area contributed by atoms with Gasteiger partial charge in [0.05, 0.1) is 22.2 Å². The molecule has 20 heavy (non-hydrogen) atoms. The minimum absolute atomic E-state index is 0.0838. The molecule has 1 heterocycles. The van der Waals surface area contributed by atoms with Crippen molar-refractivity contribution in [2.45, 2.75) is 4.90 Å². The molecule has 1 aromatic carbocycles. The van der Waals surface area contributed by atoms with Crippen LogP contribution < -0.4 is 5.73 Å². The second kappa shape index (κ2) is 6.28. The molecular formula is C12H18ClN3O3S. The summed E-state index contributed by atoms with van der Waals surface area (Å²) in [6.45, 7) is 2.70. The molecule has 1 aliphatic heterocycles. The number of nitrogens with zero attached hydrogens (tertiary/aromatic N) is 2. The summed E-state index contributed by atoms with van der Waals surface area (Å²) in [7, 11) is -3.53. The lowest BCUT2D eigenvalue weighted by molar-refractivity contribution is 0.151. The van der Waals surface area contributed by atoms with Gasteiger partial charge in [-0.3, -0.25) is 4.90 Å². The third-order valence-electron chi connectivity index (χ3n) is 3.35. The fourth-order valence-electron chi connectivity index (χ4n) is 2.17. The van der Waals surface area contributed by atoms with Gasteiger partial charge in [-0.25, -0.2) is 8.42 Å². The first-order valence-electron chi connectivity index (χ1n) is 6.33. The van der Waals surface area contributed by atoms with E-state index >= 15 is 0 Å². The molecule has 0 spiro atoms. The summed E-state index contributed by atoms with van der Waals surface area (Å²) in [5, 5.41) is 9.22. The van der Waals surface area contributed by atoms with E-state index in [2.05, 4.69) is 0 Å². The second-order valence-electron chi connectivity index (χ2n) is 4.65. The van der Waals surface area contributed by atoms with Crippen LogP contribution in [0.2, 0.25) is 5.02 Å². The zero-order chi connectivity index (χ0) is 14.8. The highest BCUT2D eigenvalue weighted by atomic mass is 35.5. The Hall–Kier alpha value is -0.860. The lowest BCUT2D eigenvalue weighted by atomic mass is 10.3. The largest absolute Gasteiger partial charge is 0.397 e. The van der Waals surface area contributed by atoms with E-state index in [1.165, 1.54) is 22.5 Å². The van der Waals surface area contributed by atoms with E-state index in [0.717, 1.165) is 0 Å². The monoisotopic (exact) mass is 319 g/mol. The maximum atomic E-state index is 12.5. The Bertz CT molecular complexity index is 571. The molecular weight excluding hydrogens is 302 g/mol. The summed E-state index contributed by atoms with van der Waals surface area (Å²) < 4.78 is 26.4. The van der Waals surface area contributed by atoms with Gasteiger partial charge in [-0.1, -0.05) is 11.6 Å². The highest BCUT2D eigenvalue weighted by molar-refractivity contribution is 7.89. The Morgan fingerprint density at radius 1 is 1.25 bits per heavy atom. The summed E-state index contributed by atoms with van der Waals surface area (Å²) in [6.07, 6.45) is 0. The van der Waals surface area contributed by atoms with Gasteiger partial charge in [0.25, 0.3) is 0 Å². The van der Waals surface area contributed by atoms with Crippen molar-refractivity contribution in [1.82, 2.24) is 9.21 Å². The molecule has 0 radical (unpaired) electrons. The molecule has 0 bridgehead atoms. The van der Waals surface area contributed by atoms with Gasteiger partial charge in [-0.2, -0.15) is 4.31 Å². The predicted molar refractivity (Wildman–Crippen MR) is 78.1 cm³/mol. The number of anilines is 1. The Labute approximate surface area is 123 Å². The number of β-amino-alcohol motifs (C(OH)–C–C–N with tert-alkyl or cyclic N) is 1. The first-order chi connectivity index (χ1) is 9.45. The number of sulfonamides is 1. The number of nitrogen functional groups attached to an aromatic ring is 1. The molecule has 0 aromatic heterocycles. The molecule has 1 saturated heterocycles. The van der Waals surface area contributed by atoms with Gasteiger partial charge in [0, 0.05) is 32.7 Å². The molecule has 1 aromatic rings. The van der Waals surface area contributed by atoms with Gasteiger partial charge in [0.2, 0.25) is 10.0 Å². The summed E-state index contributed by atoms with van der Waals surface area (Å²) in [4.78, 5) is 2.19. The van der Waals surface area contributed by atoms with E-state index in [9.17, 15) is 8.42 Å². The third-order valence-corrected chi connectivity index (χ3v) is 5.59. The normalized spacial score (nSPS) is 18.3. The molecule has 1 fully saturated rings. The van der Waals surface area contributed by atoms with Crippen LogP contribution in [0, 0.1) is 0 Å². The van der Waals surface area contributed by atoms with E-state index < -0.39 is 10.0 Å². The lowest BCUT2D eigenvalue weighted by Crippen LogP contribution is -2.49. The number of hydrogen-bond acceptors (Lipinski definition) is 5. The average Bonchev–Trinajstić information content (AvgIpc) is 2.43. The minimum atomic E-state index is -3.53. The topological polar surface area (TPSA) is 86.9 Å².